The number of rotatable bonds is 7. The Bertz CT molecular complexity index is 558. The predicted molar refractivity (Wildman–Crippen MR) is 76.0 cm³/mol. The molecule has 0 fully saturated rings. The van der Waals surface area contributed by atoms with E-state index in [0.717, 1.165) is 12.1 Å². The molecule has 0 bridgehead atoms. The molecule has 0 heterocycles. The Kier molecular flexibility index (Phi) is 6.41. The average molecular weight is 333 g/mol. The second-order valence-corrected chi connectivity index (χ2v) is 5.37. The van der Waals surface area contributed by atoms with Crippen molar-refractivity contribution in [2.24, 2.45) is 5.92 Å². The SMILES string of the molecule is CC(C)CC(NC(=O)COc1ccccc1C(F)(F)F)C(=O)O. The molecule has 0 aliphatic heterocycles. The summed E-state index contributed by atoms with van der Waals surface area (Å²) in [5.41, 5.74) is -0.996. The molecular formula is C15H18F3NO4. The Labute approximate surface area is 131 Å². The highest BCUT2D eigenvalue weighted by molar-refractivity contribution is 5.84. The summed E-state index contributed by atoms with van der Waals surface area (Å²) in [4.78, 5) is 22.7. The van der Waals surface area contributed by atoms with Gasteiger partial charge in [-0.15, -0.1) is 0 Å². The van der Waals surface area contributed by atoms with Gasteiger partial charge in [0.1, 0.15) is 11.8 Å². The first kappa shape index (κ1) is 18.8. The molecule has 1 amide bonds. The van der Waals surface area contributed by atoms with Crippen LogP contribution in [-0.4, -0.2) is 29.6 Å². The van der Waals surface area contributed by atoms with Crippen LogP contribution in [0, 0.1) is 5.92 Å². The maximum atomic E-state index is 12.8. The molecule has 1 aromatic carbocycles. The molecule has 0 aliphatic rings. The van der Waals surface area contributed by atoms with Gasteiger partial charge in [-0.25, -0.2) is 4.79 Å². The molecule has 0 saturated carbocycles. The maximum absolute atomic E-state index is 12.8. The summed E-state index contributed by atoms with van der Waals surface area (Å²) in [5.74, 6) is -2.45. The summed E-state index contributed by atoms with van der Waals surface area (Å²) in [6, 6.07) is 3.38. The topological polar surface area (TPSA) is 75.6 Å². The summed E-state index contributed by atoms with van der Waals surface area (Å²) in [6.07, 6.45) is -4.39. The number of hydrogen-bond acceptors (Lipinski definition) is 3. The van der Waals surface area contributed by atoms with E-state index in [1.807, 2.05) is 0 Å². The second kappa shape index (κ2) is 7.85. The van der Waals surface area contributed by atoms with Crippen molar-refractivity contribution in [3.8, 4) is 5.75 Å². The zero-order valence-corrected chi connectivity index (χ0v) is 12.7. The zero-order valence-electron chi connectivity index (χ0n) is 12.7. The third kappa shape index (κ3) is 6.17. The fourth-order valence-electron chi connectivity index (χ4n) is 1.90. The monoisotopic (exact) mass is 333 g/mol. The highest BCUT2D eigenvalue weighted by Crippen LogP contribution is 2.35. The molecule has 0 radical (unpaired) electrons. The fourth-order valence-corrected chi connectivity index (χ4v) is 1.90. The molecule has 1 unspecified atom stereocenters. The Balaban J connectivity index is 2.68. The Hall–Kier alpha value is -2.25. The van der Waals surface area contributed by atoms with Crippen molar-refractivity contribution >= 4 is 11.9 Å². The lowest BCUT2D eigenvalue weighted by Crippen LogP contribution is -2.43. The fraction of sp³-hybridized carbons (Fsp3) is 0.467. The van der Waals surface area contributed by atoms with Crippen LogP contribution in [0.1, 0.15) is 25.8 Å². The molecule has 128 valence electrons. The standard InChI is InChI=1S/C15H18F3NO4/c1-9(2)7-11(14(21)22)19-13(20)8-23-12-6-4-3-5-10(12)15(16,17)18/h3-6,9,11H,7-8H2,1-2H3,(H,19,20)(H,21,22). The molecule has 8 heteroatoms. The molecule has 5 nitrogen and oxygen atoms in total. The summed E-state index contributed by atoms with van der Waals surface area (Å²) >= 11 is 0. The van der Waals surface area contributed by atoms with Crippen molar-refractivity contribution in [2.75, 3.05) is 6.61 Å². The Morgan fingerprint density at radius 1 is 1.26 bits per heavy atom. The van der Waals surface area contributed by atoms with E-state index in [2.05, 4.69) is 5.32 Å². The van der Waals surface area contributed by atoms with Crippen molar-refractivity contribution < 1.29 is 32.6 Å². The van der Waals surface area contributed by atoms with Gasteiger partial charge >= 0.3 is 12.1 Å². The molecule has 0 saturated heterocycles. The van der Waals surface area contributed by atoms with Crippen LogP contribution in [0.5, 0.6) is 5.75 Å². The Morgan fingerprint density at radius 3 is 2.39 bits per heavy atom. The first-order chi connectivity index (χ1) is 10.6. The summed E-state index contributed by atoms with van der Waals surface area (Å²) < 4.78 is 43.2. The molecule has 2 N–H and O–H groups in total. The number of carbonyl (C=O) groups is 2. The van der Waals surface area contributed by atoms with Crippen molar-refractivity contribution in [2.45, 2.75) is 32.5 Å². The summed E-state index contributed by atoms with van der Waals surface area (Å²) in [6.45, 7) is 2.88. The number of nitrogens with one attached hydrogen (secondary N) is 1. The number of halogens is 3. The van der Waals surface area contributed by atoms with Crippen LogP contribution in [0.3, 0.4) is 0 Å². The third-order valence-electron chi connectivity index (χ3n) is 2.89. The molecular weight excluding hydrogens is 315 g/mol. The second-order valence-electron chi connectivity index (χ2n) is 5.37. The van der Waals surface area contributed by atoms with Gasteiger partial charge in [0.05, 0.1) is 5.56 Å². The van der Waals surface area contributed by atoms with Crippen LogP contribution in [0.2, 0.25) is 0 Å². The van der Waals surface area contributed by atoms with Gasteiger partial charge in [0.2, 0.25) is 0 Å². The van der Waals surface area contributed by atoms with E-state index in [1.54, 1.807) is 13.8 Å². The predicted octanol–water partition coefficient (Wildman–Crippen LogP) is 2.70. The van der Waals surface area contributed by atoms with Crippen LogP contribution < -0.4 is 10.1 Å². The molecule has 0 spiro atoms. The number of alkyl halides is 3. The molecule has 1 atom stereocenters. The number of amides is 1. The molecule has 1 rings (SSSR count). The van der Waals surface area contributed by atoms with Gasteiger partial charge in [0.15, 0.2) is 6.61 Å². The van der Waals surface area contributed by atoms with Crippen LogP contribution in [-0.2, 0) is 15.8 Å². The summed E-state index contributed by atoms with van der Waals surface area (Å²) in [5, 5.41) is 11.2. The lowest BCUT2D eigenvalue weighted by molar-refractivity contribution is -0.142. The zero-order chi connectivity index (χ0) is 17.6. The normalized spacial score (nSPS) is 12.8. The van der Waals surface area contributed by atoms with E-state index in [0.29, 0.717) is 0 Å². The number of aliphatic carboxylic acids is 1. The van der Waals surface area contributed by atoms with E-state index >= 15 is 0 Å². The number of ether oxygens (including phenoxy) is 1. The van der Waals surface area contributed by atoms with E-state index in [-0.39, 0.29) is 12.3 Å². The van der Waals surface area contributed by atoms with E-state index < -0.39 is 42.0 Å². The van der Waals surface area contributed by atoms with E-state index in [1.165, 1.54) is 12.1 Å². The number of carboxylic acids is 1. The van der Waals surface area contributed by atoms with Gasteiger partial charge in [0, 0.05) is 0 Å². The van der Waals surface area contributed by atoms with Crippen molar-refractivity contribution in [1.82, 2.24) is 5.32 Å². The van der Waals surface area contributed by atoms with Gasteiger partial charge in [-0.2, -0.15) is 13.2 Å². The lowest BCUT2D eigenvalue weighted by atomic mass is 10.0. The minimum atomic E-state index is -4.60. The quantitative estimate of drug-likeness (QED) is 0.804. The van der Waals surface area contributed by atoms with Crippen LogP contribution in [0.25, 0.3) is 0 Å². The third-order valence-corrected chi connectivity index (χ3v) is 2.89. The van der Waals surface area contributed by atoms with Crippen LogP contribution >= 0.6 is 0 Å². The molecule has 0 aromatic heterocycles. The van der Waals surface area contributed by atoms with Crippen molar-refractivity contribution in [3.05, 3.63) is 29.8 Å². The van der Waals surface area contributed by atoms with Gasteiger partial charge in [-0.1, -0.05) is 26.0 Å². The average Bonchev–Trinajstić information content (AvgIpc) is 2.43. The minimum Gasteiger partial charge on any atom is -0.483 e. The van der Waals surface area contributed by atoms with E-state index in [4.69, 9.17) is 9.84 Å². The number of carbonyl (C=O) groups excluding carboxylic acids is 1. The largest absolute Gasteiger partial charge is 0.483 e. The smallest absolute Gasteiger partial charge is 0.419 e. The van der Waals surface area contributed by atoms with Crippen LogP contribution in [0.15, 0.2) is 24.3 Å². The van der Waals surface area contributed by atoms with Gasteiger partial charge in [-0.3, -0.25) is 4.79 Å². The van der Waals surface area contributed by atoms with E-state index in [9.17, 15) is 22.8 Å². The minimum absolute atomic E-state index is 0.0308. The van der Waals surface area contributed by atoms with Crippen LogP contribution in [0.4, 0.5) is 13.2 Å². The summed E-state index contributed by atoms with van der Waals surface area (Å²) in [7, 11) is 0. The van der Waals surface area contributed by atoms with Crippen molar-refractivity contribution in [1.29, 1.82) is 0 Å². The maximum Gasteiger partial charge on any atom is 0.419 e. The lowest BCUT2D eigenvalue weighted by Gasteiger charge is -2.17. The molecule has 1 aromatic rings. The number of para-hydroxylation sites is 1. The highest BCUT2D eigenvalue weighted by Gasteiger charge is 2.34. The van der Waals surface area contributed by atoms with Gasteiger partial charge in [0.25, 0.3) is 5.91 Å². The van der Waals surface area contributed by atoms with Gasteiger partial charge in [-0.05, 0) is 24.5 Å². The Morgan fingerprint density at radius 2 is 1.87 bits per heavy atom. The number of hydrogen-bond donors (Lipinski definition) is 2. The highest BCUT2D eigenvalue weighted by atomic mass is 19.4. The van der Waals surface area contributed by atoms with Crippen molar-refractivity contribution in [3.63, 3.8) is 0 Å². The molecule has 0 aliphatic carbocycles. The molecule has 23 heavy (non-hydrogen) atoms. The number of carboxylic acid groups (broad SMARTS) is 1. The first-order valence-corrected chi connectivity index (χ1v) is 6.92. The first-order valence-electron chi connectivity index (χ1n) is 6.92. The number of benzene rings is 1. The van der Waals surface area contributed by atoms with Gasteiger partial charge < -0.3 is 15.2 Å².